The highest BCUT2D eigenvalue weighted by molar-refractivity contribution is 8.24. The summed E-state index contributed by atoms with van der Waals surface area (Å²) < 4.78 is 4.74. The maximum atomic E-state index is 4.74. The Morgan fingerprint density at radius 2 is 2.38 bits per heavy atom. The highest BCUT2D eigenvalue weighted by Crippen LogP contribution is 2.02. The van der Waals surface area contributed by atoms with Crippen LogP contribution in [0.3, 0.4) is 0 Å². The summed E-state index contributed by atoms with van der Waals surface area (Å²) in [5, 5.41) is 2.01. The van der Waals surface area contributed by atoms with E-state index < -0.39 is 8.91 Å². The number of allylic oxidation sites excluding steroid dienone is 2. The predicted octanol–water partition coefficient (Wildman–Crippen LogP) is 0.708. The van der Waals surface area contributed by atoms with Crippen molar-refractivity contribution in [3.63, 3.8) is 0 Å². The zero-order chi connectivity index (χ0) is 5.66. The molecule has 0 saturated carbocycles. The summed E-state index contributed by atoms with van der Waals surface area (Å²) in [5.74, 6) is 0. The van der Waals surface area contributed by atoms with Gasteiger partial charge in [0.05, 0.1) is 0 Å². The van der Waals surface area contributed by atoms with Gasteiger partial charge in [-0.3, -0.25) is 0 Å². The minimum absolute atomic E-state index is 0.492. The van der Waals surface area contributed by atoms with Crippen molar-refractivity contribution in [2.45, 2.75) is 0 Å². The maximum absolute atomic E-state index is 4.74. The third-order valence-corrected chi connectivity index (χ3v) is 2.60. The Balaban J connectivity index is 2.33. The quantitative estimate of drug-likeness (QED) is 0.370. The Labute approximate surface area is 54.1 Å². The zero-order valence-electron chi connectivity index (χ0n) is 4.24. The first-order chi connectivity index (χ1) is 4.00. The average Bonchev–Trinajstić information content (AvgIpc) is 1.62. The molecule has 0 fully saturated rings. The van der Waals surface area contributed by atoms with Gasteiger partial charge >= 0.3 is 0 Å². The lowest BCUT2D eigenvalue weighted by atomic mass is 10.6. The summed E-state index contributed by atoms with van der Waals surface area (Å²) >= 11 is 1.69. The van der Waals surface area contributed by atoms with Crippen LogP contribution in [0.5, 0.6) is 0 Å². The van der Waals surface area contributed by atoms with Crippen molar-refractivity contribution < 1.29 is 9.46 Å². The zero-order valence-corrected chi connectivity index (χ0v) is 6.47. The van der Waals surface area contributed by atoms with Crippen molar-refractivity contribution in [1.82, 2.24) is 0 Å². The molecule has 1 aliphatic rings. The molecule has 0 unspecified atom stereocenters. The van der Waals surface area contributed by atoms with E-state index in [0.717, 1.165) is 0 Å². The minimum atomic E-state index is -0.492. The van der Waals surface area contributed by atoms with Gasteiger partial charge in [-0.1, -0.05) is 6.08 Å². The second kappa shape index (κ2) is 3.77. The molecule has 2 nitrogen and oxygen atoms in total. The highest BCUT2D eigenvalue weighted by atomic mass is 32.4. The molecular weight excluding hydrogens is 140 g/mol. The average molecular weight is 146 g/mol. The highest BCUT2D eigenvalue weighted by Gasteiger charge is 1.85. The molecule has 0 N–H and O–H groups in total. The van der Waals surface area contributed by atoms with Gasteiger partial charge in [-0.25, -0.2) is 4.58 Å². The molecule has 1 aliphatic heterocycles. The van der Waals surface area contributed by atoms with Gasteiger partial charge in [-0.05, 0) is 11.5 Å². The van der Waals surface area contributed by atoms with Crippen LogP contribution in [-0.4, -0.2) is 8.91 Å². The first-order valence-corrected chi connectivity index (χ1v) is 5.57. The van der Waals surface area contributed by atoms with Crippen molar-refractivity contribution in [1.29, 1.82) is 0 Å². The molecule has 0 aromatic carbocycles. The summed E-state index contributed by atoms with van der Waals surface area (Å²) in [4.78, 5) is 4.58. The van der Waals surface area contributed by atoms with Crippen molar-refractivity contribution in [2.75, 3.05) is 0 Å². The second-order valence-electron chi connectivity index (χ2n) is 1.16. The SMILES string of the molecule is C1=COO[SiH2]SC=C1. The summed E-state index contributed by atoms with van der Waals surface area (Å²) in [5.41, 5.74) is 0. The molecule has 1 rings (SSSR count). The van der Waals surface area contributed by atoms with Gasteiger partial charge in [-0.2, -0.15) is 0 Å². The van der Waals surface area contributed by atoms with Gasteiger partial charge in [0.1, 0.15) is 6.26 Å². The molecule has 0 saturated heterocycles. The fraction of sp³-hybridized carbons (Fsp3) is 0. The molecule has 0 radical (unpaired) electrons. The minimum Gasteiger partial charge on any atom is -0.357 e. The van der Waals surface area contributed by atoms with Crippen LogP contribution in [0.15, 0.2) is 23.8 Å². The van der Waals surface area contributed by atoms with E-state index >= 15 is 0 Å². The third-order valence-electron chi connectivity index (χ3n) is 0.604. The Hall–Kier alpha value is -0.193. The molecule has 0 aliphatic carbocycles. The van der Waals surface area contributed by atoms with Gasteiger partial charge < -0.3 is 4.89 Å². The normalized spacial score (nSPS) is 22.0. The van der Waals surface area contributed by atoms with Crippen molar-refractivity contribution in [3.05, 3.63) is 23.8 Å². The molecule has 0 aromatic heterocycles. The lowest BCUT2D eigenvalue weighted by molar-refractivity contribution is -0.145. The number of hydrogen-bond donors (Lipinski definition) is 0. The van der Waals surface area contributed by atoms with Crippen LogP contribution in [0.2, 0.25) is 0 Å². The first-order valence-electron chi connectivity index (χ1n) is 2.22. The lowest BCUT2D eigenvalue weighted by Gasteiger charge is -1.97. The van der Waals surface area contributed by atoms with E-state index in [4.69, 9.17) is 4.58 Å². The summed E-state index contributed by atoms with van der Waals surface area (Å²) in [6, 6.07) is 0. The van der Waals surface area contributed by atoms with Gasteiger partial charge in [0, 0.05) is 0 Å². The van der Waals surface area contributed by atoms with Crippen LogP contribution >= 0.6 is 11.2 Å². The Morgan fingerprint density at radius 1 is 1.38 bits per heavy atom. The number of hydrogen-bond acceptors (Lipinski definition) is 3. The fourth-order valence-electron chi connectivity index (χ4n) is 0.312. The van der Waals surface area contributed by atoms with Crippen LogP contribution in [-0.2, 0) is 9.46 Å². The van der Waals surface area contributed by atoms with Gasteiger partial charge in [0.2, 0.25) is 0 Å². The van der Waals surface area contributed by atoms with Crippen LogP contribution in [0.4, 0.5) is 0 Å². The Kier molecular flexibility index (Phi) is 2.79. The summed E-state index contributed by atoms with van der Waals surface area (Å²) in [7, 11) is -0.492. The Morgan fingerprint density at radius 3 is 3.38 bits per heavy atom. The molecule has 0 bridgehead atoms. The van der Waals surface area contributed by atoms with Gasteiger partial charge in [-0.15, -0.1) is 11.2 Å². The van der Waals surface area contributed by atoms with Crippen LogP contribution in [0, 0.1) is 0 Å². The van der Waals surface area contributed by atoms with Gasteiger partial charge in [0.25, 0.3) is 8.91 Å². The topological polar surface area (TPSA) is 18.5 Å². The second-order valence-corrected chi connectivity index (χ2v) is 3.94. The van der Waals surface area contributed by atoms with E-state index in [2.05, 4.69) is 4.89 Å². The van der Waals surface area contributed by atoms with Crippen LogP contribution in [0.1, 0.15) is 0 Å². The molecule has 8 heavy (non-hydrogen) atoms. The number of rotatable bonds is 0. The monoisotopic (exact) mass is 146 g/mol. The summed E-state index contributed by atoms with van der Waals surface area (Å²) in [6.45, 7) is 0. The molecule has 44 valence electrons. The first kappa shape index (κ1) is 5.93. The smallest absolute Gasteiger partial charge is 0.288 e. The predicted molar refractivity (Wildman–Crippen MR) is 36.6 cm³/mol. The van der Waals surface area contributed by atoms with E-state index in [1.165, 1.54) is 6.26 Å². The van der Waals surface area contributed by atoms with E-state index in [9.17, 15) is 0 Å². The molecule has 0 spiro atoms. The van der Waals surface area contributed by atoms with E-state index in [1.54, 1.807) is 17.3 Å². The summed E-state index contributed by atoms with van der Waals surface area (Å²) in [6.07, 6.45) is 5.25. The van der Waals surface area contributed by atoms with E-state index in [1.807, 2.05) is 11.5 Å². The third kappa shape index (κ3) is 2.20. The van der Waals surface area contributed by atoms with Crippen molar-refractivity contribution in [2.24, 2.45) is 0 Å². The standard InChI is InChI=1S/C4H6O2SSi/c1-2-4-7-8-6-5-3-1/h1-4H,8H2. The maximum Gasteiger partial charge on any atom is 0.288 e. The van der Waals surface area contributed by atoms with Crippen molar-refractivity contribution >= 4 is 20.1 Å². The lowest BCUT2D eigenvalue weighted by Crippen LogP contribution is -1.90. The molecule has 0 atom stereocenters. The molecule has 1 heterocycles. The van der Waals surface area contributed by atoms with Gasteiger partial charge in [0.15, 0.2) is 0 Å². The van der Waals surface area contributed by atoms with E-state index in [-0.39, 0.29) is 0 Å². The molecule has 4 heteroatoms. The fourth-order valence-corrected chi connectivity index (χ4v) is 1.68. The Bertz CT molecular complexity index is 98.6. The van der Waals surface area contributed by atoms with Crippen LogP contribution in [0.25, 0.3) is 0 Å². The van der Waals surface area contributed by atoms with E-state index in [0.29, 0.717) is 0 Å². The molecular formula is C4H6O2SSi. The molecule has 0 aromatic rings. The van der Waals surface area contributed by atoms with Crippen molar-refractivity contribution in [3.8, 4) is 0 Å². The van der Waals surface area contributed by atoms with Crippen LogP contribution < -0.4 is 0 Å². The molecule has 0 amide bonds. The largest absolute Gasteiger partial charge is 0.357 e.